The number of nitrogens with one attached hydrogen (secondary N) is 1. The molecule has 1 heterocycles. The first-order valence-electron chi connectivity index (χ1n) is 7.18. The highest BCUT2D eigenvalue weighted by atomic mass is 32.1. The molecule has 122 valence electrons. The maximum atomic E-state index is 12.6. The molecular weight excluding hydrogens is 314 g/mol. The van der Waals surface area contributed by atoms with Gasteiger partial charge in [-0.25, -0.2) is 0 Å². The van der Waals surface area contributed by atoms with Crippen LogP contribution in [0.2, 0.25) is 0 Å². The molecule has 6 heteroatoms. The molecule has 0 radical (unpaired) electrons. The van der Waals surface area contributed by atoms with E-state index in [1.165, 1.54) is 11.3 Å². The molecular formula is C17H19NO4S. The molecule has 0 aliphatic heterocycles. The van der Waals surface area contributed by atoms with E-state index in [0.29, 0.717) is 11.5 Å². The molecule has 2 rings (SSSR count). The third-order valence-corrected chi connectivity index (χ3v) is 4.54. The quantitative estimate of drug-likeness (QED) is 0.816. The van der Waals surface area contributed by atoms with Crippen LogP contribution in [-0.2, 0) is 16.1 Å². The normalized spacial score (nSPS) is 13.3. The number of carboxylic acids is 1. The van der Waals surface area contributed by atoms with Crippen LogP contribution in [0.1, 0.15) is 33.8 Å². The number of rotatable bonds is 7. The molecule has 2 atom stereocenters. The van der Waals surface area contributed by atoms with Gasteiger partial charge in [0.2, 0.25) is 0 Å². The highest BCUT2D eigenvalue weighted by molar-refractivity contribution is 7.12. The molecule has 0 spiro atoms. The zero-order valence-corrected chi connectivity index (χ0v) is 13.8. The van der Waals surface area contributed by atoms with Gasteiger partial charge in [-0.1, -0.05) is 30.3 Å². The summed E-state index contributed by atoms with van der Waals surface area (Å²) in [7, 11) is 1.57. The van der Waals surface area contributed by atoms with Gasteiger partial charge in [-0.05, 0) is 23.9 Å². The minimum Gasteiger partial charge on any atom is -0.481 e. The van der Waals surface area contributed by atoms with Crippen molar-refractivity contribution in [1.82, 2.24) is 5.32 Å². The molecule has 0 saturated carbocycles. The maximum Gasteiger partial charge on any atom is 0.308 e. The second kappa shape index (κ2) is 7.89. The van der Waals surface area contributed by atoms with E-state index in [4.69, 9.17) is 4.74 Å². The molecule has 2 unspecified atom stereocenters. The van der Waals surface area contributed by atoms with Crippen molar-refractivity contribution in [3.63, 3.8) is 0 Å². The molecule has 1 aromatic carbocycles. The highest BCUT2D eigenvalue weighted by Crippen LogP contribution is 2.25. The number of carboxylic acid groups (broad SMARTS) is 1. The monoisotopic (exact) mass is 333 g/mol. The Labute approximate surface area is 138 Å². The van der Waals surface area contributed by atoms with Crippen molar-refractivity contribution in [1.29, 1.82) is 0 Å². The molecule has 1 amide bonds. The van der Waals surface area contributed by atoms with Crippen LogP contribution >= 0.6 is 11.3 Å². The summed E-state index contributed by atoms with van der Waals surface area (Å²) in [5.41, 5.74) is 1.56. The number of thiophene rings is 1. The van der Waals surface area contributed by atoms with Crippen LogP contribution in [0.25, 0.3) is 0 Å². The number of hydrogen-bond acceptors (Lipinski definition) is 4. The lowest BCUT2D eigenvalue weighted by Crippen LogP contribution is -2.35. The molecule has 0 bridgehead atoms. The van der Waals surface area contributed by atoms with Gasteiger partial charge in [-0.15, -0.1) is 11.3 Å². The van der Waals surface area contributed by atoms with Crippen LogP contribution in [0.15, 0.2) is 41.8 Å². The third-order valence-electron chi connectivity index (χ3n) is 3.59. The lowest BCUT2D eigenvalue weighted by atomic mass is 9.94. The van der Waals surface area contributed by atoms with E-state index in [1.807, 2.05) is 41.8 Å². The standard InChI is InChI=1S/C17H19NO4S/c1-11(17(20)21)14(12-6-4-3-5-7-12)18-16(19)15-13(10-22-2)8-9-23-15/h3-9,11,14H,10H2,1-2H3,(H,18,19)(H,20,21). The summed E-state index contributed by atoms with van der Waals surface area (Å²) in [4.78, 5) is 24.5. The van der Waals surface area contributed by atoms with Crippen LogP contribution in [0, 0.1) is 5.92 Å². The molecule has 0 fully saturated rings. The molecule has 5 nitrogen and oxygen atoms in total. The van der Waals surface area contributed by atoms with E-state index >= 15 is 0 Å². The van der Waals surface area contributed by atoms with Crippen LogP contribution in [0.3, 0.4) is 0 Å². The molecule has 23 heavy (non-hydrogen) atoms. The number of methoxy groups -OCH3 is 1. The fourth-order valence-corrected chi connectivity index (χ4v) is 3.12. The fourth-order valence-electron chi connectivity index (χ4n) is 2.31. The fraction of sp³-hybridized carbons (Fsp3) is 0.294. The molecule has 0 aliphatic carbocycles. The zero-order chi connectivity index (χ0) is 16.8. The SMILES string of the molecule is COCc1ccsc1C(=O)NC(c1ccccc1)C(C)C(=O)O. The lowest BCUT2D eigenvalue weighted by molar-refractivity contribution is -0.142. The molecule has 2 aromatic rings. The second-order valence-electron chi connectivity index (χ2n) is 5.20. The summed E-state index contributed by atoms with van der Waals surface area (Å²) in [5.74, 6) is -1.98. The van der Waals surface area contributed by atoms with Gasteiger partial charge in [0.1, 0.15) is 0 Å². The smallest absolute Gasteiger partial charge is 0.308 e. The number of carbonyl (C=O) groups is 2. The summed E-state index contributed by atoms with van der Waals surface area (Å²) in [6, 6.07) is 10.4. The maximum absolute atomic E-state index is 12.6. The number of ether oxygens (including phenoxy) is 1. The average molecular weight is 333 g/mol. The summed E-state index contributed by atoms with van der Waals surface area (Å²) in [6.07, 6.45) is 0. The number of carbonyl (C=O) groups excluding carboxylic acids is 1. The third kappa shape index (κ3) is 4.18. The first-order valence-corrected chi connectivity index (χ1v) is 8.06. The van der Waals surface area contributed by atoms with Crippen LogP contribution in [0.4, 0.5) is 0 Å². The van der Waals surface area contributed by atoms with Crippen molar-refractivity contribution in [3.05, 3.63) is 57.8 Å². The number of hydrogen-bond donors (Lipinski definition) is 2. The van der Waals surface area contributed by atoms with Crippen molar-refractivity contribution >= 4 is 23.2 Å². The summed E-state index contributed by atoms with van der Waals surface area (Å²) in [5, 5.41) is 14.0. The number of benzene rings is 1. The van der Waals surface area contributed by atoms with E-state index in [2.05, 4.69) is 5.32 Å². The largest absolute Gasteiger partial charge is 0.481 e. The van der Waals surface area contributed by atoms with E-state index in [1.54, 1.807) is 14.0 Å². The average Bonchev–Trinajstić information content (AvgIpc) is 3.01. The Morgan fingerprint density at radius 2 is 1.96 bits per heavy atom. The number of amides is 1. The molecule has 0 aliphatic rings. The van der Waals surface area contributed by atoms with E-state index in [9.17, 15) is 14.7 Å². The second-order valence-corrected chi connectivity index (χ2v) is 6.11. The van der Waals surface area contributed by atoms with Gasteiger partial charge in [0.25, 0.3) is 5.91 Å². The van der Waals surface area contributed by atoms with Crippen LogP contribution in [0.5, 0.6) is 0 Å². The van der Waals surface area contributed by atoms with Crippen molar-refractivity contribution in [3.8, 4) is 0 Å². The Morgan fingerprint density at radius 1 is 1.26 bits per heavy atom. The summed E-state index contributed by atoms with van der Waals surface area (Å²) >= 11 is 1.32. The Kier molecular flexibility index (Phi) is 5.90. The molecule has 2 N–H and O–H groups in total. The van der Waals surface area contributed by atoms with Crippen molar-refractivity contribution in [2.45, 2.75) is 19.6 Å². The van der Waals surface area contributed by atoms with Gasteiger partial charge in [0.05, 0.1) is 23.4 Å². The Morgan fingerprint density at radius 3 is 2.57 bits per heavy atom. The summed E-state index contributed by atoms with van der Waals surface area (Å²) in [6.45, 7) is 1.93. The van der Waals surface area contributed by atoms with Crippen molar-refractivity contribution < 1.29 is 19.4 Å². The van der Waals surface area contributed by atoms with E-state index in [-0.39, 0.29) is 5.91 Å². The van der Waals surface area contributed by atoms with Crippen molar-refractivity contribution in [2.24, 2.45) is 5.92 Å². The lowest BCUT2D eigenvalue weighted by Gasteiger charge is -2.23. The minimum absolute atomic E-state index is 0.283. The van der Waals surface area contributed by atoms with Gasteiger partial charge in [-0.2, -0.15) is 0 Å². The Balaban J connectivity index is 2.25. The van der Waals surface area contributed by atoms with Gasteiger partial charge in [0.15, 0.2) is 0 Å². The predicted octanol–water partition coefficient (Wildman–Crippen LogP) is 3.09. The van der Waals surface area contributed by atoms with Gasteiger partial charge >= 0.3 is 5.97 Å². The molecule has 0 saturated heterocycles. The van der Waals surface area contributed by atoms with E-state index in [0.717, 1.165) is 11.1 Å². The first kappa shape index (κ1) is 17.2. The van der Waals surface area contributed by atoms with Crippen molar-refractivity contribution in [2.75, 3.05) is 7.11 Å². The predicted molar refractivity (Wildman–Crippen MR) is 88.5 cm³/mol. The Bertz CT molecular complexity index is 668. The van der Waals surface area contributed by atoms with Gasteiger partial charge in [0, 0.05) is 12.7 Å². The minimum atomic E-state index is -0.956. The van der Waals surface area contributed by atoms with E-state index < -0.39 is 17.9 Å². The number of aliphatic carboxylic acids is 1. The molecule has 1 aromatic heterocycles. The topological polar surface area (TPSA) is 75.6 Å². The van der Waals surface area contributed by atoms with Gasteiger partial charge < -0.3 is 15.2 Å². The Hall–Kier alpha value is -2.18. The van der Waals surface area contributed by atoms with Crippen LogP contribution in [-0.4, -0.2) is 24.1 Å². The zero-order valence-electron chi connectivity index (χ0n) is 13.0. The highest BCUT2D eigenvalue weighted by Gasteiger charge is 2.28. The first-order chi connectivity index (χ1) is 11.0. The van der Waals surface area contributed by atoms with Gasteiger partial charge in [-0.3, -0.25) is 9.59 Å². The van der Waals surface area contributed by atoms with Crippen LogP contribution < -0.4 is 5.32 Å². The summed E-state index contributed by atoms with van der Waals surface area (Å²) < 4.78 is 5.08.